The molecular weight excluding hydrogens is 236 g/mol. The van der Waals surface area contributed by atoms with E-state index in [1.54, 1.807) is 6.33 Å². The van der Waals surface area contributed by atoms with Gasteiger partial charge in [0.15, 0.2) is 0 Å². The number of amidine groups is 1. The predicted molar refractivity (Wildman–Crippen MR) is 70.3 cm³/mol. The van der Waals surface area contributed by atoms with Crippen LogP contribution in [0.3, 0.4) is 0 Å². The molecule has 5 heteroatoms. The van der Waals surface area contributed by atoms with Gasteiger partial charge < -0.3 is 10.3 Å². The Labute approximate surface area is 105 Å². The minimum Gasteiger partial charge on any atom is -0.386 e. The van der Waals surface area contributed by atoms with Crippen LogP contribution in [-0.2, 0) is 0 Å². The Morgan fingerprint density at radius 2 is 2.12 bits per heavy atom. The van der Waals surface area contributed by atoms with Crippen molar-refractivity contribution in [1.82, 2.24) is 9.55 Å². The summed E-state index contributed by atoms with van der Waals surface area (Å²) in [6, 6.07) is 7.71. The summed E-state index contributed by atoms with van der Waals surface area (Å²) in [5.74, 6) is 0.653. The molecule has 0 aliphatic heterocycles. The molecular formula is C12H13ClN4. The number of aromatic nitrogens is 2. The van der Waals surface area contributed by atoms with Crippen molar-refractivity contribution in [3.8, 4) is 5.69 Å². The van der Waals surface area contributed by atoms with Gasteiger partial charge in [0.25, 0.3) is 0 Å². The third-order valence-corrected chi connectivity index (χ3v) is 2.54. The van der Waals surface area contributed by atoms with E-state index in [0.717, 1.165) is 17.1 Å². The Kier molecular flexibility index (Phi) is 3.44. The molecule has 2 rings (SSSR count). The quantitative estimate of drug-likeness (QED) is 0.515. The van der Waals surface area contributed by atoms with Crippen molar-refractivity contribution >= 4 is 23.1 Å². The average Bonchev–Trinajstić information content (AvgIpc) is 2.77. The smallest absolute Gasteiger partial charge is 0.115 e. The Morgan fingerprint density at radius 1 is 1.41 bits per heavy atom. The molecule has 2 N–H and O–H groups in total. The Morgan fingerprint density at radius 3 is 2.65 bits per heavy atom. The zero-order chi connectivity index (χ0) is 12.3. The van der Waals surface area contributed by atoms with Crippen LogP contribution in [0.4, 0.5) is 5.69 Å². The molecule has 0 bridgehead atoms. The van der Waals surface area contributed by atoms with E-state index in [2.05, 4.69) is 9.98 Å². The van der Waals surface area contributed by atoms with Crippen molar-refractivity contribution < 1.29 is 0 Å². The molecule has 0 unspecified atom stereocenters. The Bertz CT molecular complexity index is 528. The second-order valence-corrected chi connectivity index (χ2v) is 3.94. The summed E-state index contributed by atoms with van der Waals surface area (Å²) < 4.78 is 1.95. The number of nitrogens with two attached hydrogens (primary N) is 1. The molecule has 0 radical (unpaired) electrons. The zero-order valence-corrected chi connectivity index (χ0v) is 10.2. The van der Waals surface area contributed by atoms with Crippen molar-refractivity contribution in [3.05, 3.63) is 42.5 Å². The molecule has 0 saturated heterocycles. The van der Waals surface area contributed by atoms with E-state index >= 15 is 0 Å². The molecule has 0 aliphatic carbocycles. The number of hydrogen-bond donors (Lipinski definition) is 1. The fourth-order valence-corrected chi connectivity index (χ4v) is 1.52. The number of aryl methyl sites for hydroxylation is 1. The van der Waals surface area contributed by atoms with Gasteiger partial charge in [-0.05, 0) is 31.2 Å². The van der Waals surface area contributed by atoms with Crippen LogP contribution in [0, 0.1) is 6.92 Å². The SMILES string of the molecule is Cc1cn(-c2ccc(N=C(N)CCl)cc2)cn1. The lowest BCUT2D eigenvalue weighted by Crippen LogP contribution is -2.12. The van der Waals surface area contributed by atoms with Gasteiger partial charge in [0.05, 0.1) is 23.6 Å². The van der Waals surface area contributed by atoms with Gasteiger partial charge in [0.1, 0.15) is 5.84 Å². The molecule has 17 heavy (non-hydrogen) atoms. The number of halogens is 1. The van der Waals surface area contributed by atoms with Crippen LogP contribution in [0.5, 0.6) is 0 Å². The standard InChI is InChI=1S/C12H13ClN4/c1-9-7-17(8-15-9)11-4-2-10(3-5-11)16-12(14)6-13/h2-5,7-8H,6H2,1H3,(H2,14,16). The molecule has 1 aromatic carbocycles. The third kappa shape index (κ3) is 2.85. The summed E-state index contributed by atoms with van der Waals surface area (Å²) in [5, 5.41) is 0. The lowest BCUT2D eigenvalue weighted by molar-refractivity contribution is 1.06. The molecule has 88 valence electrons. The number of hydrogen-bond acceptors (Lipinski definition) is 2. The van der Waals surface area contributed by atoms with Gasteiger partial charge in [0, 0.05) is 11.9 Å². The minimum absolute atomic E-state index is 0.239. The van der Waals surface area contributed by atoms with E-state index in [9.17, 15) is 0 Å². The topological polar surface area (TPSA) is 56.2 Å². The van der Waals surface area contributed by atoms with E-state index < -0.39 is 0 Å². The molecule has 0 atom stereocenters. The van der Waals surface area contributed by atoms with Gasteiger partial charge in [0.2, 0.25) is 0 Å². The molecule has 0 aliphatic rings. The molecule has 1 heterocycles. The van der Waals surface area contributed by atoms with Gasteiger partial charge >= 0.3 is 0 Å². The van der Waals surface area contributed by atoms with Crippen molar-refractivity contribution in [2.45, 2.75) is 6.92 Å². The second kappa shape index (κ2) is 5.01. The van der Waals surface area contributed by atoms with E-state index in [4.69, 9.17) is 17.3 Å². The van der Waals surface area contributed by atoms with Crippen LogP contribution in [-0.4, -0.2) is 21.3 Å². The third-order valence-electron chi connectivity index (χ3n) is 2.27. The number of rotatable bonds is 3. The summed E-state index contributed by atoms with van der Waals surface area (Å²) in [5.41, 5.74) is 8.38. The van der Waals surface area contributed by atoms with Gasteiger partial charge in [-0.3, -0.25) is 0 Å². The molecule has 0 amide bonds. The molecule has 0 fully saturated rings. The largest absolute Gasteiger partial charge is 0.386 e. The van der Waals surface area contributed by atoms with Crippen LogP contribution >= 0.6 is 11.6 Å². The second-order valence-electron chi connectivity index (χ2n) is 3.68. The highest BCUT2D eigenvalue weighted by molar-refractivity contribution is 6.28. The average molecular weight is 249 g/mol. The van der Waals surface area contributed by atoms with E-state index in [0.29, 0.717) is 5.84 Å². The van der Waals surface area contributed by atoms with Gasteiger partial charge in [-0.15, -0.1) is 11.6 Å². The fraction of sp³-hybridized carbons (Fsp3) is 0.167. The Balaban J connectivity index is 2.24. The first-order chi connectivity index (χ1) is 8.19. The number of benzene rings is 1. The summed E-state index contributed by atoms with van der Waals surface area (Å²) in [7, 11) is 0. The monoisotopic (exact) mass is 248 g/mol. The molecule has 0 spiro atoms. The minimum atomic E-state index is 0.239. The van der Waals surface area contributed by atoms with Gasteiger partial charge in [-0.25, -0.2) is 9.98 Å². The maximum absolute atomic E-state index is 5.56. The van der Waals surface area contributed by atoms with Crippen molar-refractivity contribution in [2.75, 3.05) is 5.88 Å². The summed E-state index contributed by atoms with van der Waals surface area (Å²) in [6.07, 6.45) is 3.74. The van der Waals surface area contributed by atoms with Crippen LogP contribution < -0.4 is 5.73 Å². The first-order valence-electron chi connectivity index (χ1n) is 5.19. The van der Waals surface area contributed by atoms with E-state index in [1.807, 2.05) is 42.0 Å². The molecule has 2 aromatic rings. The summed E-state index contributed by atoms with van der Waals surface area (Å²) >= 11 is 5.56. The van der Waals surface area contributed by atoms with Gasteiger partial charge in [-0.1, -0.05) is 0 Å². The maximum Gasteiger partial charge on any atom is 0.115 e. The highest BCUT2D eigenvalue weighted by Gasteiger charge is 1.98. The Hall–Kier alpha value is -1.81. The maximum atomic E-state index is 5.56. The first kappa shape index (κ1) is 11.7. The summed E-state index contributed by atoms with van der Waals surface area (Å²) in [4.78, 5) is 8.33. The van der Waals surface area contributed by atoms with Crippen molar-refractivity contribution in [3.63, 3.8) is 0 Å². The van der Waals surface area contributed by atoms with E-state index in [1.165, 1.54) is 0 Å². The van der Waals surface area contributed by atoms with E-state index in [-0.39, 0.29) is 5.88 Å². The lowest BCUT2D eigenvalue weighted by Gasteiger charge is -2.02. The van der Waals surface area contributed by atoms with Crippen LogP contribution in [0.15, 0.2) is 41.8 Å². The fourth-order valence-electron chi connectivity index (χ4n) is 1.46. The molecule has 1 aromatic heterocycles. The number of imidazole rings is 1. The highest BCUT2D eigenvalue weighted by Crippen LogP contribution is 2.16. The lowest BCUT2D eigenvalue weighted by atomic mass is 10.3. The number of alkyl halides is 1. The molecule has 4 nitrogen and oxygen atoms in total. The first-order valence-corrected chi connectivity index (χ1v) is 5.72. The van der Waals surface area contributed by atoms with Crippen LogP contribution in [0.2, 0.25) is 0 Å². The predicted octanol–water partition coefficient (Wildman–Crippen LogP) is 2.41. The van der Waals surface area contributed by atoms with Crippen molar-refractivity contribution in [1.29, 1.82) is 0 Å². The van der Waals surface area contributed by atoms with Crippen LogP contribution in [0.25, 0.3) is 5.69 Å². The zero-order valence-electron chi connectivity index (χ0n) is 9.47. The normalized spacial score (nSPS) is 11.8. The summed E-state index contributed by atoms with van der Waals surface area (Å²) in [6.45, 7) is 1.95. The highest BCUT2D eigenvalue weighted by atomic mass is 35.5. The number of nitrogens with zero attached hydrogens (tertiary/aromatic N) is 3. The van der Waals surface area contributed by atoms with Crippen molar-refractivity contribution in [2.24, 2.45) is 10.7 Å². The number of aliphatic imine (C=N–C) groups is 1. The van der Waals surface area contributed by atoms with Gasteiger partial charge in [-0.2, -0.15) is 0 Å². The van der Waals surface area contributed by atoms with Crippen LogP contribution in [0.1, 0.15) is 5.69 Å². The molecule has 0 saturated carbocycles.